The maximum absolute atomic E-state index is 12.1. The third-order valence-corrected chi connectivity index (χ3v) is 4.52. The first-order valence-corrected chi connectivity index (χ1v) is 7.98. The van der Waals surface area contributed by atoms with Gasteiger partial charge in [0.05, 0.1) is 11.9 Å². The largest absolute Gasteiger partial charge is 0.385 e. The quantitative estimate of drug-likeness (QED) is 0.761. The van der Waals surface area contributed by atoms with Crippen molar-refractivity contribution in [2.24, 2.45) is 5.41 Å². The van der Waals surface area contributed by atoms with Crippen LogP contribution >= 0.6 is 11.6 Å². The summed E-state index contributed by atoms with van der Waals surface area (Å²) in [6.45, 7) is 4.28. The standard InChI is InChI=1S/C15H24ClN3O2/c1-3-4-8-19-14(20)13(16)12(10-18-19)17-11-15(5-6-15)7-9-21-2/h10,17H,3-9,11H2,1-2H3. The van der Waals surface area contributed by atoms with Gasteiger partial charge in [-0.2, -0.15) is 5.10 Å². The van der Waals surface area contributed by atoms with Crippen LogP contribution in [0.3, 0.4) is 0 Å². The monoisotopic (exact) mass is 313 g/mol. The predicted octanol–water partition coefficient (Wildman–Crippen LogP) is 2.93. The van der Waals surface area contributed by atoms with Gasteiger partial charge in [-0.1, -0.05) is 24.9 Å². The summed E-state index contributed by atoms with van der Waals surface area (Å²) in [5.74, 6) is 0. The number of nitrogens with zero attached hydrogens (tertiary/aromatic N) is 2. The zero-order chi connectivity index (χ0) is 15.3. The molecule has 0 radical (unpaired) electrons. The molecular weight excluding hydrogens is 290 g/mol. The average molecular weight is 314 g/mol. The van der Waals surface area contributed by atoms with E-state index in [9.17, 15) is 4.79 Å². The van der Waals surface area contributed by atoms with E-state index in [1.807, 2.05) is 0 Å². The molecule has 0 bridgehead atoms. The summed E-state index contributed by atoms with van der Waals surface area (Å²) in [7, 11) is 1.72. The second kappa shape index (κ2) is 7.27. The van der Waals surface area contributed by atoms with Gasteiger partial charge in [-0.05, 0) is 31.1 Å². The number of ether oxygens (including phenoxy) is 1. The maximum Gasteiger partial charge on any atom is 0.287 e. The molecule has 21 heavy (non-hydrogen) atoms. The Labute approximate surface area is 130 Å². The summed E-state index contributed by atoms with van der Waals surface area (Å²) >= 11 is 6.17. The number of unbranched alkanes of at least 4 members (excludes halogenated alkanes) is 1. The van der Waals surface area contributed by atoms with Crippen molar-refractivity contribution in [3.05, 3.63) is 21.6 Å². The lowest BCUT2D eigenvalue weighted by Gasteiger charge is -2.17. The molecule has 0 amide bonds. The summed E-state index contributed by atoms with van der Waals surface area (Å²) in [5.41, 5.74) is 0.728. The Bertz CT molecular complexity index is 526. The number of nitrogens with one attached hydrogen (secondary N) is 1. The van der Waals surface area contributed by atoms with Gasteiger partial charge in [-0.15, -0.1) is 0 Å². The molecule has 0 aliphatic heterocycles. The highest BCUT2D eigenvalue weighted by atomic mass is 35.5. The normalized spacial score (nSPS) is 16.0. The molecule has 1 aromatic heterocycles. The van der Waals surface area contributed by atoms with E-state index in [1.165, 1.54) is 17.5 Å². The van der Waals surface area contributed by atoms with Crippen molar-refractivity contribution in [1.29, 1.82) is 0 Å². The Morgan fingerprint density at radius 1 is 1.52 bits per heavy atom. The highest BCUT2D eigenvalue weighted by molar-refractivity contribution is 6.32. The molecule has 1 heterocycles. The Balaban J connectivity index is 1.98. The van der Waals surface area contributed by atoms with Crippen LogP contribution in [0.1, 0.15) is 39.0 Å². The topological polar surface area (TPSA) is 56.1 Å². The van der Waals surface area contributed by atoms with Gasteiger partial charge < -0.3 is 10.1 Å². The molecule has 0 atom stereocenters. The Morgan fingerprint density at radius 2 is 2.29 bits per heavy atom. The smallest absolute Gasteiger partial charge is 0.287 e. The Hall–Kier alpha value is -1.07. The van der Waals surface area contributed by atoms with Gasteiger partial charge in [0.1, 0.15) is 5.02 Å². The molecule has 0 aromatic carbocycles. The SMILES string of the molecule is CCCCn1ncc(NCC2(CCOC)CC2)c(Cl)c1=O. The lowest BCUT2D eigenvalue weighted by Crippen LogP contribution is -2.25. The zero-order valence-electron chi connectivity index (χ0n) is 12.8. The fourth-order valence-corrected chi connectivity index (χ4v) is 2.56. The number of rotatable bonds is 9. The van der Waals surface area contributed by atoms with Crippen molar-refractivity contribution < 1.29 is 4.74 Å². The molecule has 1 aromatic rings. The summed E-state index contributed by atoms with van der Waals surface area (Å²) in [6.07, 6.45) is 7.04. The molecule has 5 nitrogen and oxygen atoms in total. The number of aryl methyl sites for hydroxylation is 1. The van der Waals surface area contributed by atoms with E-state index >= 15 is 0 Å². The Kier molecular flexibility index (Phi) is 5.65. The van der Waals surface area contributed by atoms with Crippen LogP contribution in [0.15, 0.2) is 11.0 Å². The van der Waals surface area contributed by atoms with Gasteiger partial charge in [0.25, 0.3) is 5.56 Å². The van der Waals surface area contributed by atoms with E-state index in [0.29, 0.717) is 17.6 Å². The Morgan fingerprint density at radius 3 is 2.90 bits per heavy atom. The summed E-state index contributed by atoms with van der Waals surface area (Å²) in [4.78, 5) is 12.1. The van der Waals surface area contributed by atoms with Crippen LogP contribution in [-0.4, -0.2) is 30.0 Å². The van der Waals surface area contributed by atoms with Gasteiger partial charge in [0.15, 0.2) is 0 Å². The first-order valence-electron chi connectivity index (χ1n) is 7.60. The number of aromatic nitrogens is 2. The first-order chi connectivity index (χ1) is 10.1. The molecule has 1 saturated carbocycles. The number of hydrogen-bond donors (Lipinski definition) is 1. The fourth-order valence-electron chi connectivity index (χ4n) is 2.35. The summed E-state index contributed by atoms with van der Waals surface area (Å²) < 4.78 is 6.59. The van der Waals surface area contributed by atoms with Crippen molar-refractivity contribution in [3.8, 4) is 0 Å². The van der Waals surface area contributed by atoms with Crippen LogP contribution in [0.2, 0.25) is 5.02 Å². The number of methoxy groups -OCH3 is 1. The van der Waals surface area contributed by atoms with Crippen LogP contribution in [0, 0.1) is 5.41 Å². The van der Waals surface area contributed by atoms with Crippen LogP contribution < -0.4 is 10.9 Å². The minimum atomic E-state index is -0.211. The molecule has 0 unspecified atom stereocenters. The first kappa shape index (κ1) is 16.3. The van der Waals surface area contributed by atoms with E-state index in [1.54, 1.807) is 13.3 Å². The highest BCUT2D eigenvalue weighted by Gasteiger charge is 2.41. The number of halogens is 1. The molecule has 1 aliphatic rings. The van der Waals surface area contributed by atoms with E-state index in [2.05, 4.69) is 17.3 Å². The summed E-state index contributed by atoms with van der Waals surface area (Å²) in [6, 6.07) is 0. The minimum Gasteiger partial charge on any atom is -0.385 e. The third-order valence-electron chi connectivity index (χ3n) is 4.16. The molecule has 0 saturated heterocycles. The van der Waals surface area contributed by atoms with Gasteiger partial charge >= 0.3 is 0 Å². The minimum absolute atomic E-state index is 0.211. The molecular formula is C15H24ClN3O2. The van der Waals surface area contributed by atoms with Gasteiger partial charge in [-0.25, -0.2) is 4.68 Å². The molecule has 1 fully saturated rings. The molecule has 1 aliphatic carbocycles. The molecule has 1 N–H and O–H groups in total. The van der Waals surface area contributed by atoms with E-state index in [0.717, 1.165) is 32.4 Å². The molecule has 6 heteroatoms. The maximum atomic E-state index is 12.1. The third kappa shape index (κ3) is 4.20. The van der Waals surface area contributed by atoms with Crippen molar-refractivity contribution in [3.63, 3.8) is 0 Å². The van der Waals surface area contributed by atoms with Crippen LogP contribution in [-0.2, 0) is 11.3 Å². The van der Waals surface area contributed by atoms with Crippen molar-refractivity contribution in [2.45, 2.75) is 45.6 Å². The second-order valence-electron chi connectivity index (χ2n) is 5.85. The lowest BCUT2D eigenvalue weighted by atomic mass is 10.0. The summed E-state index contributed by atoms with van der Waals surface area (Å²) in [5, 5.41) is 7.72. The fraction of sp³-hybridized carbons (Fsp3) is 0.733. The average Bonchev–Trinajstić information content (AvgIpc) is 3.26. The van der Waals surface area contributed by atoms with Gasteiger partial charge in [0.2, 0.25) is 0 Å². The van der Waals surface area contributed by atoms with Gasteiger partial charge in [0, 0.05) is 26.8 Å². The van der Waals surface area contributed by atoms with Gasteiger partial charge in [-0.3, -0.25) is 4.79 Å². The van der Waals surface area contributed by atoms with E-state index in [4.69, 9.17) is 16.3 Å². The van der Waals surface area contributed by atoms with Crippen molar-refractivity contribution >= 4 is 17.3 Å². The van der Waals surface area contributed by atoms with Crippen molar-refractivity contribution in [2.75, 3.05) is 25.6 Å². The van der Waals surface area contributed by atoms with Crippen molar-refractivity contribution in [1.82, 2.24) is 9.78 Å². The van der Waals surface area contributed by atoms with Crippen LogP contribution in [0.25, 0.3) is 0 Å². The highest BCUT2D eigenvalue weighted by Crippen LogP contribution is 2.48. The van der Waals surface area contributed by atoms with E-state index < -0.39 is 0 Å². The van der Waals surface area contributed by atoms with Crippen LogP contribution in [0.5, 0.6) is 0 Å². The molecule has 118 valence electrons. The predicted molar refractivity (Wildman–Crippen MR) is 85.1 cm³/mol. The van der Waals surface area contributed by atoms with Crippen LogP contribution in [0.4, 0.5) is 5.69 Å². The molecule has 2 rings (SSSR count). The second-order valence-corrected chi connectivity index (χ2v) is 6.23. The molecule has 0 spiro atoms. The van der Waals surface area contributed by atoms with E-state index in [-0.39, 0.29) is 10.6 Å². The number of hydrogen-bond acceptors (Lipinski definition) is 4. The number of anilines is 1. The zero-order valence-corrected chi connectivity index (χ0v) is 13.6. The lowest BCUT2D eigenvalue weighted by molar-refractivity contribution is 0.175.